The molecule has 1 unspecified atom stereocenters. The van der Waals surface area contributed by atoms with Crippen LogP contribution < -0.4 is 0 Å². The van der Waals surface area contributed by atoms with Crippen molar-refractivity contribution in [3.8, 4) is 0 Å². The second-order valence-electron chi connectivity index (χ2n) is 14.7. The molecular weight excluding hydrogens is 360 g/mol. The Hall–Kier alpha value is 0. The maximum atomic E-state index is 2.81. The van der Waals surface area contributed by atoms with E-state index in [9.17, 15) is 0 Å². The zero-order valence-electron chi connectivity index (χ0n) is 21.7. The van der Waals surface area contributed by atoms with Gasteiger partial charge < -0.3 is 0 Å². The zero-order chi connectivity index (χ0) is 21.7. The zero-order valence-corrected chi connectivity index (χ0v) is 21.7. The lowest BCUT2D eigenvalue weighted by Gasteiger charge is -2.73. The Bertz CT molecular complexity index is 690. The summed E-state index contributed by atoms with van der Waals surface area (Å²) >= 11 is 0. The number of rotatable bonds is 1. The van der Waals surface area contributed by atoms with E-state index in [4.69, 9.17) is 0 Å². The van der Waals surface area contributed by atoms with Gasteiger partial charge in [0.1, 0.15) is 0 Å². The second-order valence-corrected chi connectivity index (χ2v) is 14.7. The molecule has 5 aliphatic rings. The summed E-state index contributed by atoms with van der Waals surface area (Å²) in [5, 5.41) is 0. The molecule has 5 fully saturated rings. The predicted molar refractivity (Wildman–Crippen MR) is 129 cm³/mol. The molecule has 5 rings (SSSR count). The first kappa shape index (κ1) is 21.8. The van der Waals surface area contributed by atoms with E-state index in [1.165, 1.54) is 64.2 Å². The highest BCUT2D eigenvalue weighted by atomic mass is 14.7. The average molecular weight is 413 g/mol. The SMILES string of the molecule is CC[C@H]1CC[C@@]2(C)[C@@H]1CC[C@]1(C)[C@@H]2CC[C@@H]2[C@@]3(C)CCC(C)C(C)(C)[C@@H]3CC[C@]21C. The largest absolute Gasteiger partial charge is 0.0651 e. The van der Waals surface area contributed by atoms with Crippen LogP contribution in [0.15, 0.2) is 0 Å². The number of fused-ring (bicyclic) bond motifs is 7. The molecule has 0 nitrogen and oxygen atoms in total. The van der Waals surface area contributed by atoms with Crippen LogP contribution in [0.4, 0.5) is 0 Å². The minimum Gasteiger partial charge on any atom is -0.0651 e. The average Bonchev–Trinajstić information content (AvgIpc) is 3.02. The summed E-state index contributed by atoms with van der Waals surface area (Å²) in [6.07, 6.45) is 16.6. The van der Waals surface area contributed by atoms with Crippen LogP contribution in [0.3, 0.4) is 0 Å². The van der Waals surface area contributed by atoms with E-state index in [1.807, 2.05) is 0 Å². The van der Waals surface area contributed by atoms with Gasteiger partial charge in [0.05, 0.1) is 0 Å². The Labute approximate surface area is 188 Å². The predicted octanol–water partition coefficient (Wildman–Crippen LogP) is 9.13. The summed E-state index contributed by atoms with van der Waals surface area (Å²) in [4.78, 5) is 0. The molecule has 0 spiro atoms. The molecule has 0 aromatic rings. The molecule has 0 heteroatoms. The highest BCUT2D eigenvalue weighted by Gasteiger charge is 2.70. The molecule has 0 aromatic carbocycles. The Morgan fingerprint density at radius 2 is 1.17 bits per heavy atom. The van der Waals surface area contributed by atoms with Crippen LogP contribution in [0.2, 0.25) is 0 Å². The normalized spacial score (nSPS) is 59.6. The van der Waals surface area contributed by atoms with E-state index < -0.39 is 0 Å². The summed E-state index contributed by atoms with van der Waals surface area (Å²) in [5.74, 6) is 5.83. The van der Waals surface area contributed by atoms with Crippen molar-refractivity contribution in [2.24, 2.45) is 62.6 Å². The lowest BCUT2D eigenvalue weighted by Crippen LogP contribution is -2.66. The standard InChI is InChI=1S/C30H52/c1-9-21-13-17-27(5)22(21)14-18-29(7)24(27)10-11-25-28(6)16-12-20(2)26(3,4)23(28)15-19-30(25,29)8/h20-25H,9-19H2,1-8H3/t20?,21-,22+,23-,24+,25+,27-,28-,29+,30+/m0/s1. The fourth-order valence-corrected chi connectivity index (χ4v) is 12.0. The molecule has 0 radical (unpaired) electrons. The van der Waals surface area contributed by atoms with Crippen LogP contribution in [0.1, 0.15) is 126 Å². The highest BCUT2D eigenvalue weighted by Crippen LogP contribution is 2.78. The first-order chi connectivity index (χ1) is 13.9. The number of hydrogen-bond acceptors (Lipinski definition) is 0. The van der Waals surface area contributed by atoms with Crippen molar-refractivity contribution in [3.63, 3.8) is 0 Å². The maximum Gasteiger partial charge on any atom is -0.0235 e. The smallest absolute Gasteiger partial charge is 0.0235 e. The summed E-state index contributed by atoms with van der Waals surface area (Å²) in [6.45, 7) is 21.4. The molecule has 0 heterocycles. The van der Waals surface area contributed by atoms with Crippen molar-refractivity contribution in [1.82, 2.24) is 0 Å². The molecule has 0 saturated heterocycles. The van der Waals surface area contributed by atoms with Crippen LogP contribution in [0, 0.1) is 62.6 Å². The molecular formula is C30H52. The van der Waals surface area contributed by atoms with Gasteiger partial charge >= 0.3 is 0 Å². The fourth-order valence-electron chi connectivity index (χ4n) is 12.0. The van der Waals surface area contributed by atoms with Crippen molar-refractivity contribution >= 4 is 0 Å². The van der Waals surface area contributed by atoms with Crippen molar-refractivity contribution in [2.75, 3.05) is 0 Å². The number of hydrogen-bond donors (Lipinski definition) is 0. The fraction of sp³-hybridized carbons (Fsp3) is 1.00. The molecule has 0 aliphatic heterocycles. The van der Waals surface area contributed by atoms with Gasteiger partial charge in [-0.1, -0.05) is 61.8 Å². The van der Waals surface area contributed by atoms with Gasteiger partial charge in [-0.15, -0.1) is 0 Å². The third kappa shape index (κ3) is 2.41. The van der Waals surface area contributed by atoms with Gasteiger partial charge in [-0.05, 0) is 127 Å². The van der Waals surface area contributed by atoms with Gasteiger partial charge in [-0.25, -0.2) is 0 Å². The third-order valence-corrected chi connectivity index (χ3v) is 14.2. The molecule has 5 aliphatic carbocycles. The summed E-state index contributed by atoms with van der Waals surface area (Å²) in [7, 11) is 0. The molecule has 172 valence electrons. The minimum absolute atomic E-state index is 0.523. The van der Waals surface area contributed by atoms with Crippen LogP contribution in [0.5, 0.6) is 0 Å². The molecule has 0 N–H and O–H groups in total. The quantitative estimate of drug-likeness (QED) is 0.402. The Morgan fingerprint density at radius 3 is 1.80 bits per heavy atom. The molecule has 0 bridgehead atoms. The first-order valence-corrected chi connectivity index (χ1v) is 13.9. The summed E-state index contributed by atoms with van der Waals surface area (Å²) in [6, 6.07) is 0. The topological polar surface area (TPSA) is 0 Å². The lowest BCUT2D eigenvalue weighted by atomic mass is 9.31. The van der Waals surface area contributed by atoms with Gasteiger partial charge in [0.2, 0.25) is 0 Å². The van der Waals surface area contributed by atoms with Crippen LogP contribution in [-0.2, 0) is 0 Å². The van der Waals surface area contributed by atoms with E-state index in [0.29, 0.717) is 27.1 Å². The maximum absolute atomic E-state index is 2.81. The van der Waals surface area contributed by atoms with Gasteiger partial charge in [-0.2, -0.15) is 0 Å². The van der Waals surface area contributed by atoms with Gasteiger partial charge in [0.15, 0.2) is 0 Å². The summed E-state index contributed by atoms with van der Waals surface area (Å²) < 4.78 is 0. The van der Waals surface area contributed by atoms with Crippen molar-refractivity contribution in [1.29, 1.82) is 0 Å². The van der Waals surface area contributed by atoms with E-state index in [1.54, 1.807) is 6.42 Å². The third-order valence-electron chi connectivity index (χ3n) is 14.2. The van der Waals surface area contributed by atoms with Crippen LogP contribution >= 0.6 is 0 Å². The minimum atomic E-state index is 0.523. The Balaban J connectivity index is 1.53. The molecule has 10 atom stereocenters. The van der Waals surface area contributed by atoms with Crippen molar-refractivity contribution in [2.45, 2.75) is 126 Å². The van der Waals surface area contributed by atoms with E-state index in [2.05, 4.69) is 55.4 Å². The molecule has 5 saturated carbocycles. The van der Waals surface area contributed by atoms with Gasteiger partial charge in [0.25, 0.3) is 0 Å². The summed E-state index contributed by atoms with van der Waals surface area (Å²) in [5.41, 5.74) is 2.88. The van der Waals surface area contributed by atoms with Crippen LogP contribution in [-0.4, -0.2) is 0 Å². The molecule has 0 aromatic heterocycles. The molecule has 30 heavy (non-hydrogen) atoms. The van der Waals surface area contributed by atoms with Gasteiger partial charge in [-0.3, -0.25) is 0 Å². The van der Waals surface area contributed by atoms with E-state index >= 15 is 0 Å². The Morgan fingerprint density at radius 1 is 0.600 bits per heavy atom. The highest BCUT2D eigenvalue weighted by molar-refractivity contribution is 5.19. The lowest BCUT2D eigenvalue weighted by molar-refractivity contribution is -0.246. The molecule has 0 amide bonds. The van der Waals surface area contributed by atoms with E-state index in [-0.39, 0.29) is 0 Å². The first-order valence-electron chi connectivity index (χ1n) is 13.9. The van der Waals surface area contributed by atoms with Gasteiger partial charge in [0, 0.05) is 0 Å². The van der Waals surface area contributed by atoms with Crippen molar-refractivity contribution < 1.29 is 0 Å². The second kappa shape index (κ2) is 6.53. The van der Waals surface area contributed by atoms with E-state index in [0.717, 1.165) is 35.5 Å². The monoisotopic (exact) mass is 412 g/mol. The Kier molecular flexibility index (Phi) is 4.75. The van der Waals surface area contributed by atoms with Crippen molar-refractivity contribution in [3.05, 3.63) is 0 Å². The van der Waals surface area contributed by atoms with Crippen LogP contribution in [0.25, 0.3) is 0 Å².